The predicted molar refractivity (Wildman–Crippen MR) is 85.3 cm³/mol. The van der Waals surface area contributed by atoms with Gasteiger partial charge in [-0.25, -0.2) is 4.39 Å². The van der Waals surface area contributed by atoms with Crippen LogP contribution in [0.25, 0.3) is 0 Å². The third kappa shape index (κ3) is 6.73. The van der Waals surface area contributed by atoms with Crippen LogP contribution < -0.4 is 0 Å². The molecule has 1 aromatic carbocycles. The van der Waals surface area contributed by atoms with Crippen molar-refractivity contribution in [3.8, 4) is 6.07 Å². The average Bonchev–Trinajstić information content (AvgIpc) is 2.41. The molecule has 0 amide bonds. The van der Waals surface area contributed by atoms with Gasteiger partial charge in [0.15, 0.2) is 0 Å². The van der Waals surface area contributed by atoms with E-state index in [1.54, 1.807) is 6.07 Å². The fourth-order valence-corrected chi connectivity index (χ4v) is 2.19. The monoisotopic (exact) mass is 290 g/mol. The molecule has 0 saturated heterocycles. The average molecular weight is 290 g/mol. The Bertz CT molecular complexity index is 463. The maximum atomic E-state index is 13.4. The van der Waals surface area contributed by atoms with E-state index >= 15 is 0 Å². The summed E-state index contributed by atoms with van der Waals surface area (Å²) in [6, 6.07) is 6.59. The first-order chi connectivity index (χ1) is 9.92. The summed E-state index contributed by atoms with van der Waals surface area (Å²) in [6.45, 7) is 11.5. The van der Waals surface area contributed by atoms with Crippen molar-refractivity contribution in [3.05, 3.63) is 35.1 Å². The Morgan fingerprint density at radius 1 is 1.10 bits per heavy atom. The number of nitrogens with zero attached hydrogens (tertiary/aromatic N) is 2. The largest absolute Gasteiger partial charge is 0.299 e. The van der Waals surface area contributed by atoms with Crippen molar-refractivity contribution in [2.45, 2.75) is 47.1 Å². The van der Waals surface area contributed by atoms with Crippen molar-refractivity contribution in [1.29, 1.82) is 5.26 Å². The van der Waals surface area contributed by atoms with Crippen LogP contribution in [0.1, 0.15) is 51.7 Å². The van der Waals surface area contributed by atoms with Crippen LogP contribution in [0.3, 0.4) is 0 Å². The fraction of sp³-hybridized carbons (Fsp3) is 0.611. The second-order valence-electron chi connectivity index (χ2n) is 6.55. The smallest absolute Gasteiger partial charge is 0.123 e. The third-order valence-electron chi connectivity index (χ3n) is 3.63. The number of rotatable bonds is 8. The topological polar surface area (TPSA) is 27.0 Å². The molecule has 0 radical (unpaired) electrons. The van der Waals surface area contributed by atoms with Crippen LogP contribution in [-0.4, -0.2) is 18.0 Å². The molecule has 1 aromatic rings. The van der Waals surface area contributed by atoms with Crippen molar-refractivity contribution in [2.75, 3.05) is 13.1 Å². The molecular formula is C18H27FN2. The van der Waals surface area contributed by atoms with E-state index in [2.05, 4.69) is 38.7 Å². The number of halogens is 1. The second-order valence-corrected chi connectivity index (χ2v) is 6.55. The first kappa shape index (κ1) is 17.7. The van der Waals surface area contributed by atoms with Crippen LogP contribution in [0.4, 0.5) is 4.39 Å². The van der Waals surface area contributed by atoms with E-state index in [-0.39, 0.29) is 5.82 Å². The molecule has 3 heteroatoms. The predicted octanol–water partition coefficient (Wildman–Crippen LogP) is 4.59. The minimum atomic E-state index is -0.267. The Morgan fingerprint density at radius 3 is 2.14 bits per heavy atom. The lowest BCUT2D eigenvalue weighted by atomic mass is 10.1. The van der Waals surface area contributed by atoms with Crippen molar-refractivity contribution in [2.24, 2.45) is 11.8 Å². The van der Waals surface area contributed by atoms with Gasteiger partial charge in [-0.1, -0.05) is 27.7 Å². The number of hydrogen-bond acceptors (Lipinski definition) is 2. The van der Waals surface area contributed by atoms with Crippen molar-refractivity contribution >= 4 is 0 Å². The van der Waals surface area contributed by atoms with Crippen molar-refractivity contribution < 1.29 is 4.39 Å². The summed E-state index contributed by atoms with van der Waals surface area (Å²) in [5.74, 6) is 1.03. The Labute approximate surface area is 128 Å². The molecule has 0 atom stereocenters. The van der Waals surface area contributed by atoms with Crippen LogP contribution in [0.2, 0.25) is 0 Å². The third-order valence-corrected chi connectivity index (χ3v) is 3.63. The maximum absolute atomic E-state index is 13.4. The molecule has 1 rings (SSSR count). The number of benzene rings is 1. The normalized spacial score (nSPS) is 11.4. The summed E-state index contributed by atoms with van der Waals surface area (Å²) >= 11 is 0. The number of nitriles is 1. The maximum Gasteiger partial charge on any atom is 0.123 e. The summed E-state index contributed by atoms with van der Waals surface area (Å²) in [5.41, 5.74) is 1.38. The Morgan fingerprint density at radius 2 is 1.67 bits per heavy atom. The summed E-state index contributed by atoms with van der Waals surface area (Å²) in [5, 5.41) is 9.17. The molecule has 0 aromatic heterocycles. The second kappa shape index (κ2) is 8.79. The quantitative estimate of drug-likeness (QED) is 0.700. The zero-order valence-corrected chi connectivity index (χ0v) is 13.7. The Hall–Kier alpha value is -1.40. The minimum absolute atomic E-state index is 0.267. The van der Waals surface area contributed by atoms with E-state index in [0.29, 0.717) is 23.9 Å². The first-order valence-electron chi connectivity index (χ1n) is 7.83. The molecule has 0 spiro atoms. The molecule has 0 bridgehead atoms. The molecule has 21 heavy (non-hydrogen) atoms. The molecule has 2 nitrogen and oxygen atoms in total. The minimum Gasteiger partial charge on any atom is -0.299 e. The van der Waals surface area contributed by atoms with Gasteiger partial charge in [0, 0.05) is 6.54 Å². The van der Waals surface area contributed by atoms with Crippen LogP contribution in [0, 0.1) is 29.0 Å². The van der Waals surface area contributed by atoms with E-state index in [1.807, 2.05) is 0 Å². The van der Waals surface area contributed by atoms with Crippen LogP contribution >= 0.6 is 0 Å². The van der Waals surface area contributed by atoms with Crippen LogP contribution in [0.15, 0.2) is 18.2 Å². The highest BCUT2D eigenvalue weighted by atomic mass is 19.1. The Balaban J connectivity index is 2.79. The zero-order chi connectivity index (χ0) is 15.8. The van der Waals surface area contributed by atoms with Crippen LogP contribution in [0.5, 0.6) is 0 Å². The van der Waals surface area contributed by atoms with Gasteiger partial charge in [-0.05, 0) is 61.5 Å². The summed E-state index contributed by atoms with van der Waals surface area (Å²) in [6.07, 6.45) is 2.24. The van der Waals surface area contributed by atoms with E-state index in [0.717, 1.165) is 31.5 Å². The van der Waals surface area contributed by atoms with Gasteiger partial charge in [-0.15, -0.1) is 0 Å². The summed E-state index contributed by atoms with van der Waals surface area (Å²) in [7, 11) is 0. The summed E-state index contributed by atoms with van der Waals surface area (Å²) in [4.78, 5) is 2.34. The molecule has 0 aliphatic rings. The lowest BCUT2D eigenvalue weighted by Gasteiger charge is -2.24. The zero-order valence-electron chi connectivity index (χ0n) is 13.7. The standard InChI is InChI=1S/C18H27FN2/c1-14(2)7-9-21(10-8-15(3)4)13-17-11-18(19)6-5-16(17)12-20/h5-6,11,14-15H,7-10,13H2,1-4H3. The van der Waals surface area contributed by atoms with E-state index in [9.17, 15) is 4.39 Å². The van der Waals surface area contributed by atoms with Crippen molar-refractivity contribution in [1.82, 2.24) is 4.90 Å². The fourth-order valence-electron chi connectivity index (χ4n) is 2.19. The lowest BCUT2D eigenvalue weighted by Crippen LogP contribution is -2.27. The van der Waals surface area contributed by atoms with Crippen LogP contribution in [-0.2, 0) is 6.54 Å². The van der Waals surface area contributed by atoms with E-state index in [1.165, 1.54) is 12.1 Å². The van der Waals surface area contributed by atoms with Gasteiger partial charge in [0.2, 0.25) is 0 Å². The number of hydrogen-bond donors (Lipinski definition) is 0. The lowest BCUT2D eigenvalue weighted by molar-refractivity contribution is 0.235. The van der Waals surface area contributed by atoms with Crippen molar-refractivity contribution in [3.63, 3.8) is 0 Å². The van der Waals surface area contributed by atoms with Gasteiger partial charge in [-0.3, -0.25) is 4.90 Å². The Kier molecular flexibility index (Phi) is 7.39. The molecule has 0 unspecified atom stereocenters. The SMILES string of the molecule is CC(C)CCN(CCC(C)C)Cc1cc(F)ccc1C#N. The van der Waals surface area contributed by atoms with Gasteiger partial charge in [0.25, 0.3) is 0 Å². The van der Waals surface area contributed by atoms with E-state index in [4.69, 9.17) is 5.26 Å². The molecule has 0 N–H and O–H groups in total. The molecule has 0 heterocycles. The van der Waals surface area contributed by atoms with Gasteiger partial charge in [-0.2, -0.15) is 5.26 Å². The highest BCUT2D eigenvalue weighted by Crippen LogP contribution is 2.15. The molecule has 0 aliphatic heterocycles. The van der Waals surface area contributed by atoms with Gasteiger partial charge in [0.1, 0.15) is 5.82 Å². The molecule has 0 saturated carbocycles. The summed E-state index contributed by atoms with van der Waals surface area (Å²) < 4.78 is 13.4. The molecule has 116 valence electrons. The van der Waals surface area contributed by atoms with Gasteiger partial charge < -0.3 is 0 Å². The van der Waals surface area contributed by atoms with E-state index < -0.39 is 0 Å². The molecular weight excluding hydrogens is 263 g/mol. The first-order valence-corrected chi connectivity index (χ1v) is 7.83. The van der Waals surface area contributed by atoms with Gasteiger partial charge in [0.05, 0.1) is 11.6 Å². The molecule has 0 fully saturated rings. The van der Waals surface area contributed by atoms with Gasteiger partial charge >= 0.3 is 0 Å². The molecule has 0 aliphatic carbocycles. The highest BCUT2D eigenvalue weighted by Gasteiger charge is 2.12. The highest BCUT2D eigenvalue weighted by molar-refractivity contribution is 5.37.